The van der Waals surface area contributed by atoms with E-state index in [2.05, 4.69) is 12.1 Å². The van der Waals surface area contributed by atoms with Gasteiger partial charge in [0, 0.05) is 17.5 Å². The standard InChI is InChI=1S/C31H32ClN3O2/c1-21-26(32)16-10-18-28(21)35-29(33-27-17-9-8-15-25(27)31(35)37)22(2)34(30(36)24-13-6-7-14-24)20-19-23-11-4-3-5-12-23/h3-5,8-12,15-18,22,24H,6-7,13-14,19-20H2,1-2H3. The number of halogens is 1. The molecule has 0 N–H and O–H groups in total. The molecule has 0 radical (unpaired) electrons. The third kappa shape index (κ3) is 5.05. The smallest absolute Gasteiger partial charge is 0.266 e. The van der Waals surface area contributed by atoms with Gasteiger partial charge < -0.3 is 4.90 Å². The summed E-state index contributed by atoms with van der Waals surface area (Å²) in [6, 6.07) is 22.7. The Bertz CT molecular complexity index is 1480. The van der Waals surface area contributed by atoms with Crippen molar-refractivity contribution in [1.82, 2.24) is 14.5 Å². The zero-order valence-electron chi connectivity index (χ0n) is 21.4. The first-order chi connectivity index (χ1) is 18.0. The van der Waals surface area contributed by atoms with Crippen LogP contribution in [0.1, 0.15) is 55.6 Å². The first-order valence-corrected chi connectivity index (χ1v) is 13.4. The van der Waals surface area contributed by atoms with Crippen molar-refractivity contribution < 1.29 is 4.79 Å². The highest BCUT2D eigenvalue weighted by molar-refractivity contribution is 6.31. The van der Waals surface area contributed by atoms with E-state index >= 15 is 0 Å². The molecule has 5 nitrogen and oxygen atoms in total. The summed E-state index contributed by atoms with van der Waals surface area (Å²) in [7, 11) is 0. The van der Waals surface area contributed by atoms with E-state index in [1.165, 1.54) is 5.56 Å². The zero-order valence-corrected chi connectivity index (χ0v) is 22.1. The molecule has 1 atom stereocenters. The maximum atomic E-state index is 13.9. The fraction of sp³-hybridized carbons (Fsp3) is 0.323. The Balaban J connectivity index is 1.65. The van der Waals surface area contributed by atoms with E-state index in [9.17, 15) is 9.59 Å². The SMILES string of the molecule is Cc1c(Cl)cccc1-n1c(C(C)N(CCc2ccccc2)C(=O)C2CCCC2)nc2ccccc2c1=O. The molecule has 0 bridgehead atoms. The summed E-state index contributed by atoms with van der Waals surface area (Å²) < 4.78 is 1.66. The number of nitrogens with zero attached hydrogens (tertiary/aromatic N) is 3. The van der Waals surface area contributed by atoms with Crippen LogP contribution in [0.15, 0.2) is 77.6 Å². The van der Waals surface area contributed by atoms with Crippen LogP contribution in [0.5, 0.6) is 0 Å². The maximum absolute atomic E-state index is 13.9. The molecule has 3 aromatic carbocycles. The summed E-state index contributed by atoms with van der Waals surface area (Å²) in [4.78, 5) is 34.7. The van der Waals surface area contributed by atoms with Crippen LogP contribution in [-0.4, -0.2) is 26.9 Å². The lowest BCUT2D eigenvalue weighted by molar-refractivity contribution is -0.137. The number of amides is 1. The second kappa shape index (κ2) is 10.9. The van der Waals surface area contributed by atoms with Gasteiger partial charge in [0.15, 0.2) is 0 Å². The van der Waals surface area contributed by atoms with Crippen molar-refractivity contribution in [3.8, 4) is 5.69 Å². The monoisotopic (exact) mass is 513 g/mol. The number of carbonyl (C=O) groups is 1. The van der Waals surface area contributed by atoms with E-state index in [1.54, 1.807) is 10.6 Å². The van der Waals surface area contributed by atoms with Gasteiger partial charge in [0.25, 0.3) is 5.56 Å². The fourth-order valence-corrected chi connectivity index (χ4v) is 5.61. The summed E-state index contributed by atoms with van der Waals surface area (Å²) in [5, 5.41) is 1.12. The van der Waals surface area contributed by atoms with Crippen LogP contribution in [-0.2, 0) is 11.2 Å². The minimum absolute atomic E-state index is 0.0201. The van der Waals surface area contributed by atoms with Gasteiger partial charge in [-0.15, -0.1) is 0 Å². The van der Waals surface area contributed by atoms with Gasteiger partial charge in [-0.2, -0.15) is 0 Å². The van der Waals surface area contributed by atoms with Gasteiger partial charge in [-0.25, -0.2) is 4.98 Å². The van der Waals surface area contributed by atoms with E-state index in [0.717, 1.165) is 37.7 Å². The fourth-order valence-electron chi connectivity index (χ4n) is 5.44. The lowest BCUT2D eigenvalue weighted by atomic mass is 10.0. The molecule has 1 aliphatic rings. The van der Waals surface area contributed by atoms with Crippen molar-refractivity contribution >= 4 is 28.4 Å². The molecule has 1 amide bonds. The molecular formula is C31H32ClN3O2. The molecule has 1 fully saturated rings. The van der Waals surface area contributed by atoms with Crippen LogP contribution in [0.4, 0.5) is 0 Å². The second-order valence-corrected chi connectivity index (χ2v) is 10.3. The maximum Gasteiger partial charge on any atom is 0.266 e. The Labute approximate surface area is 222 Å². The molecule has 37 heavy (non-hydrogen) atoms. The minimum Gasteiger partial charge on any atom is -0.332 e. The molecule has 1 aliphatic carbocycles. The third-order valence-electron chi connectivity index (χ3n) is 7.59. The van der Waals surface area contributed by atoms with Gasteiger partial charge in [0.2, 0.25) is 5.91 Å². The highest BCUT2D eigenvalue weighted by atomic mass is 35.5. The molecule has 6 heteroatoms. The summed E-state index contributed by atoms with van der Waals surface area (Å²) >= 11 is 6.48. The van der Waals surface area contributed by atoms with Crippen LogP contribution >= 0.6 is 11.6 Å². The number of carbonyl (C=O) groups excluding carboxylic acids is 1. The van der Waals surface area contributed by atoms with E-state index in [-0.39, 0.29) is 17.4 Å². The number of hydrogen-bond donors (Lipinski definition) is 0. The van der Waals surface area contributed by atoms with Crippen LogP contribution in [0.3, 0.4) is 0 Å². The lowest BCUT2D eigenvalue weighted by Crippen LogP contribution is -2.41. The Morgan fingerprint density at radius 2 is 1.73 bits per heavy atom. The Morgan fingerprint density at radius 1 is 1.03 bits per heavy atom. The van der Waals surface area contributed by atoms with Crippen molar-refractivity contribution in [3.63, 3.8) is 0 Å². The van der Waals surface area contributed by atoms with Crippen molar-refractivity contribution in [1.29, 1.82) is 0 Å². The molecule has 190 valence electrons. The first kappa shape index (κ1) is 25.2. The van der Waals surface area contributed by atoms with Crippen molar-refractivity contribution in [3.05, 3.63) is 105 Å². The van der Waals surface area contributed by atoms with Gasteiger partial charge in [-0.05, 0) is 68.5 Å². The number of fused-ring (bicyclic) bond motifs is 1. The summed E-state index contributed by atoms with van der Waals surface area (Å²) in [6.07, 6.45) is 4.73. The normalized spacial score (nSPS) is 14.7. The average Bonchev–Trinajstić information content (AvgIpc) is 3.46. The molecule has 1 saturated carbocycles. The quantitative estimate of drug-likeness (QED) is 0.277. The average molecular weight is 514 g/mol. The number of benzene rings is 3. The first-order valence-electron chi connectivity index (χ1n) is 13.1. The molecule has 1 unspecified atom stereocenters. The molecule has 4 aromatic rings. The Hall–Kier alpha value is -3.44. The molecule has 0 spiro atoms. The highest BCUT2D eigenvalue weighted by Crippen LogP contribution is 2.32. The molecule has 0 aliphatic heterocycles. The number of hydrogen-bond acceptors (Lipinski definition) is 3. The summed E-state index contributed by atoms with van der Waals surface area (Å²) in [5.41, 5.74) is 3.13. The number of rotatable bonds is 7. The third-order valence-corrected chi connectivity index (χ3v) is 8.00. The molecule has 1 aromatic heterocycles. The van der Waals surface area contributed by atoms with Gasteiger partial charge in [-0.3, -0.25) is 14.2 Å². The van der Waals surface area contributed by atoms with Gasteiger partial charge in [-0.1, -0.05) is 73.0 Å². The lowest BCUT2D eigenvalue weighted by Gasteiger charge is -2.33. The van der Waals surface area contributed by atoms with Crippen LogP contribution < -0.4 is 5.56 Å². The minimum atomic E-state index is -0.410. The largest absolute Gasteiger partial charge is 0.332 e. The van der Waals surface area contributed by atoms with E-state index in [0.29, 0.717) is 34.0 Å². The zero-order chi connectivity index (χ0) is 25.9. The van der Waals surface area contributed by atoms with Crippen molar-refractivity contribution in [2.45, 2.75) is 52.0 Å². The topological polar surface area (TPSA) is 55.2 Å². The summed E-state index contributed by atoms with van der Waals surface area (Å²) in [6.45, 7) is 4.45. The van der Waals surface area contributed by atoms with Crippen LogP contribution in [0.25, 0.3) is 16.6 Å². The van der Waals surface area contributed by atoms with Crippen molar-refractivity contribution in [2.75, 3.05) is 6.54 Å². The predicted octanol–water partition coefficient (Wildman–Crippen LogP) is 6.67. The van der Waals surface area contributed by atoms with Gasteiger partial charge in [0.05, 0.1) is 22.6 Å². The van der Waals surface area contributed by atoms with Crippen LogP contribution in [0.2, 0.25) is 5.02 Å². The predicted molar refractivity (Wildman–Crippen MR) is 149 cm³/mol. The molecular weight excluding hydrogens is 482 g/mol. The molecule has 0 saturated heterocycles. The Morgan fingerprint density at radius 3 is 2.49 bits per heavy atom. The van der Waals surface area contributed by atoms with Crippen molar-refractivity contribution in [2.24, 2.45) is 5.92 Å². The van der Waals surface area contributed by atoms with E-state index in [4.69, 9.17) is 16.6 Å². The van der Waals surface area contributed by atoms with Gasteiger partial charge in [0.1, 0.15) is 5.82 Å². The summed E-state index contributed by atoms with van der Waals surface area (Å²) in [5.74, 6) is 0.720. The Kier molecular flexibility index (Phi) is 7.43. The van der Waals surface area contributed by atoms with E-state index in [1.807, 2.05) is 73.3 Å². The second-order valence-electron chi connectivity index (χ2n) is 9.94. The number of aromatic nitrogens is 2. The van der Waals surface area contributed by atoms with Crippen LogP contribution in [0, 0.1) is 12.8 Å². The van der Waals surface area contributed by atoms with E-state index < -0.39 is 6.04 Å². The molecule has 1 heterocycles. The number of para-hydroxylation sites is 1. The molecule has 5 rings (SSSR count). The van der Waals surface area contributed by atoms with Gasteiger partial charge >= 0.3 is 0 Å². The highest BCUT2D eigenvalue weighted by Gasteiger charge is 2.32.